The molecule has 0 radical (unpaired) electrons. The number of halogens is 6. The number of aliphatic carboxylic acids is 1. The Labute approximate surface area is 464 Å². The Morgan fingerprint density at radius 1 is 0.597 bits per heavy atom. The predicted octanol–water partition coefficient (Wildman–Crippen LogP) is 11.4. The van der Waals surface area contributed by atoms with Gasteiger partial charge in [0, 0.05) is 118 Å². The van der Waals surface area contributed by atoms with Crippen LogP contribution in [0, 0.1) is 22.7 Å². The van der Waals surface area contributed by atoms with Crippen LogP contribution in [0.3, 0.4) is 0 Å². The Balaban J connectivity index is 0.000000178. The maximum atomic E-state index is 13.3. The average Bonchev–Trinajstić information content (AvgIpc) is 3.62. The molecule has 0 saturated carbocycles. The number of carbonyl (C=O) groups excluding carboxylic acids is 3. The molecule has 4 fully saturated rings. The summed E-state index contributed by atoms with van der Waals surface area (Å²) in [5, 5.41) is 11.3. The number of rotatable bonds is 8. The highest BCUT2D eigenvalue weighted by Gasteiger charge is 2.45. The van der Waals surface area contributed by atoms with Crippen molar-refractivity contribution in [2.45, 2.75) is 102 Å². The summed E-state index contributed by atoms with van der Waals surface area (Å²) in [5.74, 6) is -0.434. The molecule has 4 aliphatic heterocycles. The van der Waals surface area contributed by atoms with Crippen LogP contribution in [0.4, 0.5) is 0 Å². The minimum Gasteiger partial charge on any atom is -0.481 e. The summed E-state index contributed by atoms with van der Waals surface area (Å²) in [6.45, 7) is 4.31. The number of primary amides is 1. The number of carbonyl (C=O) groups is 4. The lowest BCUT2D eigenvalue weighted by molar-refractivity contribution is -0.160. The first-order valence-electron chi connectivity index (χ1n) is 25.0. The van der Waals surface area contributed by atoms with Gasteiger partial charge >= 0.3 is 5.97 Å². The molecule has 384 valence electrons. The molecule has 72 heavy (non-hydrogen) atoms. The van der Waals surface area contributed by atoms with Crippen molar-refractivity contribution >= 4 is 111 Å². The normalized spacial score (nSPS) is 21.9. The van der Waals surface area contributed by atoms with Crippen LogP contribution < -0.4 is 5.73 Å². The monoisotopic (exact) mass is 1280 g/mol. The second-order valence-corrected chi connectivity index (χ2v) is 24.9. The molecule has 10 rings (SSSR count). The first kappa shape index (κ1) is 53.9. The first-order chi connectivity index (χ1) is 34.5. The SMILES string of the molecule is NC(=O)C1(CC(=O)N2CCC([C@H]3c4ncc(Br)cc4CCc4cc(Cl)cc(Br)c43)CC2)CCOCC1.O=C(CC1(C(=O)O)CCOCC1)N1CCC([C@H]2c3ncc(Br)cc3CCc3cc(Cl)cc(Br)c32)CC1. The Morgan fingerprint density at radius 3 is 1.36 bits per heavy atom. The van der Waals surface area contributed by atoms with Gasteiger partial charge in [-0.15, -0.1) is 0 Å². The molecular weight excluding hydrogens is 1220 g/mol. The highest BCUT2D eigenvalue weighted by atomic mass is 79.9. The summed E-state index contributed by atoms with van der Waals surface area (Å²) in [7, 11) is 0. The van der Waals surface area contributed by atoms with Crippen LogP contribution in [0.15, 0.2) is 66.7 Å². The number of pyridine rings is 2. The number of carboxylic acids is 1. The van der Waals surface area contributed by atoms with Crippen molar-refractivity contribution in [3.63, 3.8) is 0 Å². The van der Waals surface area contributed by atoms with Crippen LogP contribution in [0.25, 0.3) is 0 Å². The number of aryl methyl sites for hydroxylation is 4. The number of benzene rings is 2. The zero-order chi connectivity index (χ0) is 50.9. The van der Waals surface area contributed by atoms with Gasteiger partial charge in [0.2, 0.25) is 17.7 Å². The second kappa shape index (κ2) is 23.1. The summed E-state index contributed by atoms with van der Waals surface area (Å²) in [6, 6.07) is 12.5. The van der Waals surface area contributed by atoms with Crippen LogP contribution in [-0.2, 0) is 54.3 Å². The number of carboxylic acid groups (broad SMARTS) is 1. The van der Waals surface area contributed by atoms with Gasteiger partial charge in [-0.2, -0.15) is 0 Å². The molecule has 3 N–H and O–H groups in total. The van der Waals surface area contributed by atoms with Gasteiger partial charge in [0.05, 0.1) is 22.2 Å². The smallest absolute Gasteiger partial charge is 0.310 e. The Bertz CT molecular complexity index is 2540. The minimum absolute atomic E-state index is 0.0193. The topological polar surface area (TPSA) is 165 Å². The minimum atomic E-state index is -1.01. The van der Waals surface area contributed by atoms with Gasteiger partial charge in [-0.3, -0.25) is 29.1 Å². The summed E-state index contributed by atoms with van der Waals surface area (Å²) in [4.78, 5) is 64.4. The zero-order valence-corrected chi connectivity index (χ0v) is 47.9. The van der Waals surface area contributed by atoms with Gasteiger partial charge in [-0.05, 0) is 191 Å². The van der Waals surface area contributed by atoms with Crippen LogP contribution >= 0.6 is 86.9 Å². The van der Waals surface area contributed by atoms with Gasteiger partial charge in [-0.25, -0.2) is 0 Å². The quantitative estimate of drug-likeness (QED) is 0.175. The molecule has 12 nitrogen and oxygen atoms in total. The Kier molecular flexibility index (Phi) is 17.3. The molecule has 4 saturated heterocycles. The molecule has 3 amide bonds. The molecule has 4 aromatic rings. The van der Waals surface area contributed by atoms with Crippen molar-refractivity contribution < 1.29 is 33.8 Å². The van der Waals surface area contributed by atoms with Gasteiger partial charge in [-0.1, -0.05) is 55.1 Å². The molecular formula is C54H59Br4Cl2N5O7. The van der Waals surface area contributed by atoms with Gasteiger partial charge in [0.15, 0.2) is 0 Å². The van der Waals surface area contributed by atoms with E-state index >= 15 is 0 Å². The van der Waals surface area contributed by atoms with E-state index in [2.05, 4.69) is 88.0 Å². The van der Waals surface area contributed by atoms with E-state index in [0.29, 0.717) is 90.1 Å². The molecule has 18 heteroatoms. The van der Waals surface area contributed by atoms with E-state index in [1.165, 1.54) is 33.4 Å². The molecule has 2 aromatic heterocycles. The van der Waals surface area contributed by atoms with E-state index < -0.39 is 16.8 Å². The average molecular weight is 1280 g/mol. The number of ether oxygens (including phenoxy) is 2. The molecule has 2 atom stereocenters. The Hall–Kier alpha value is -2.96. The van der Waals surface area contributed by atoms with Crippen LogP contribution in [-0.4, -0.2) is 101 Å². The number of nitrogens with two attached hydrogens (primary N) is 1. The third kappa shape index (κ3) is 11.6. The second-order valence-electron chi connectivity index (χ2n) is 20.5. The van der Waals surface area contributed by atoms with E-state index in [-0.39, 0.29) is 42.4 Å². The van der Waals surface area contributed by atoms with Crippen molar-refractivity contribution in [1.29, 1.82) is 0 Å². The number of likely N-dealkylation sites (tertiary alicyclic amines) is 2. The summed E-state index contributed by atoms with van der Waals surface area (Å²) >= 11 is 27.6. The number of piperidine rings is 2. The third-order valence-corrected chi connectivity index (χ3v) is 19.0. The van der Waals surface area contributed by atoms with E-state index in [9.17, 15) is 24.3 Å². The summed E-state index contributed by atoms with van der Waals surface area (Å²) in [6.07, 6.45) is 12.8. The first-order valence-corrected chi connectivity index (χ1v) is 29.0. The molecule has 0 spiro atoms. The lowest BCUT2D eigenvalue weighted by Gasteiger charge is -2.39. The number of fused-ring (bicyclic) bond motifs is 4. The van der Waals surface area contributed by atoms with Gasteiger partial charge in [0.1, 0.15) is 0 Å². The van der Waals surface area contributed by atoms with Crippen LogP contribution in [0.1, 0.15) is 121 Å². The lowest BCUT2D eigenvalue weighted by atomic mass is 9.75. The fourth-order valence-electron chi connectivity index (χ4n) is 12.3. The van der Waals surface area contributed by atoms with E-state index in [0.717, 1.165) is 90.7 Å². The predicted molar refractivity (Wildman–Crippen MR) is 290 cm³/mol. The van der Waals surface area contributed by atoms with Crippen LogP contribution in [0.5, 0.6) is 0 Å². The fraction of sp³-hybridized carbons (Fsp3) is 0.519. The molecule has 2 aromatic carbocycles. The number of hydrogen-bond donors (Lipinski definition) is 2. The number of amides is 3. The van der Waals surface area contributed by atoms with Crippen LogP contribution in [0.2, 0.25) is 10.0 Å². The van der Waals surface area contributed by atoms with Crippen molar-refractivity contribution in [2.24, 2.45) is 28.4 Å². The molecule has 6 heterocycles. The third-order valence-electron chi connectivity index (χ3n) is 16.4. The molecule has 2 aliphatic carbocycles. The molecule has 0 bridgehead atoms. The van der Waals surface area contributed by atoms with Crippen molar-refractivity contribution in [2.75, 3.05) is 52.6 Å². The molecule has 0 unspecified atom stereocenters. The largest absolute Gasteiger partial charge is 0.481 e. The van der Waals surface area contributed by atoms with Gasteiger partial charge < -0.3 is 30.1 Å². The lowest BCUT2D eigenvalue weighted by Crippen LogP contribution is -2.47. The van der Waals surface area contributed by atoms with Gasteiger partial charge in [0.25, 0.3) is 0 Å². The van der Waals surface area contributed by atoms with Crippen molar-refractivity contribution in [3.8, 4) is 0 Å². The number of nitrogens with zero attached hydrogens (tertiary/aromatic N) is 4. The highest BCUT2D eigenvalue weighted by molar-refractivity contribution is 9.11. The van der Waals surface area contributed by atoms with E-state index in [1.807, 2.05) is 34.3 Å². The zero-order valence-electron chi connectivity index (χ0n) is 40.0. The summed E-state index contributed by atoms with van der Waals surface area (Å²) < 4.78 is 14.8. The maximum Gasteiger partial charge on any atom is 0.310 e. The Morgan fingerprint density at radius 2 is 0.972 bits per heavy atom. The van der Waals surface area contributed by atoms with E-state index in [4.69, 9.17) is 48.4 Å². The van der Waals surface area contributed by atoms with Crippen molar-refractivity contribution in [1.82, 2.24) is 19.8 Å². The van der Waals surface area contributed by atoms with Crippen molar-refractivity contribution in [3.05, 3.63) is 121 Å². The number of aromatic nitrogens is 2. The maximum absolute atomic E-state index is 13.3. The standard InChI is InChI=1S/C27H30Br2ClN3O3.C27H29Br2ClN2O4/c28-19-11-18-2-1-17-12-20(30)13-21(29)23(17)24(25(18)32-15-19)16-3-7-33(8-4-16)22(34)14-27(26(31)35)5-9-36-10-6-27;28-19-11-18-2-1-17-12-20(30)13-21(29)23(17)24(25(18)31-15-19)16-3-7-32(8-4-16)22(33)14-27(26(34)35)5-9-36-10-6-27/h11-13,15-16,24H,1-10,14H2,(H2,31,35);11-13,15-16,24H,1-10,14H2,(H,34,35)/t2*24-/m11/s1. The molecule has 6 aliphatic rings. The highest BCUT2D eigenvalue weighted by Crippen LogP contribution is 2.49. The fourth-order valence-corrected chi connectivity index (χ4v) is 15.3. The number of hydrogen-bond acceptors (Lipinski definition) is 8. The summed E-state index contributed by atoms with van der Waals surface area (Å²) in [5.41, 5.74) is 13.7. The van der Waals surface area contributed by atoms with E-state index in [1.54, 1.807) is 0 Å².